The Hall–Kier alpha value is -2.34. The summed E-state index contributed by atoms with van der Waals surface area (Å²) in [5.41, 5.74) is 1.14. The van der Waals surface area contributed by atoms with E-state index in [-0.39, 0.29) is 6.10 Å². The second-order valence-corrected chi connectivity index (χ2v) is 7.78. The minimum absolute atomic E-state index is 0.289. The van der Waals surface area contributed by atoms with E-state index < -0.39 is 0 Å². The Labute approximate surface area is 159 Å². The molecule has 27 heavy (non-hydrogen) atoms. The standard InChI is InChI=1S/C21H27N5O/c1-2-7-20-23-24-21(26(20)12-3-1)15-25-13-9-16(10-14-25)27-19-6-4-5-18-17(19)8-11-22-18/h4-6,8,11,16,22H,1-3,7,9-10,12-15H2. The van der Waals surface area contributed by atoms with Crippen molar-refractivity contribution in [2.45, 2.75) is 57.7 Å². The van der Waals surface area contributed by atoms with E-state index in [4.69, 9.17) is 4.74 Å². The molecule has 0 saturated carbocycles. The Kier molecular flexibility index (Phi) is 4.57. The molecule has 0 unspecified atom stereocenters. The van der Waals surface area contributed by atoms with E-state index in [2.05, 4.69) is 48.9 Å². The zero-order valence-corrected chi connectivity index (χ0v) is 15.7. The highest BCUT2D eigenvalue weighted by Crippen LogP contribution is 2.28. The fourth-order valence-corrected chi connectivity index (χ4v) is 4.39. The number of H-pyrrole nitrogens is 1. The van der Waals surface area contributed by atoms with Crippen LogP contribution in [0, 0.1) is 0 Å². The van der Waals surface area contributed by atoms with E-state index in [1.165, 1.54) is 30.5 Å². The highest BCUT2D eigenvalue weighted by atomic mass is 16.5. The van der Waals surface area contributed by atoms with Crippen LogP contribution in [0.2, 0.25) is 0 Å². The first-order valence-electron chi connectivity index (χ1n) is 10.2. The number of nitrogens with one attached hydrogen (secondary N) is 1. The van der Waals surface area contributed by atoms with Gasteiger partial charge in [0.05, 0.1) is 6.54 Å². The molecule has 1 N–H and O–H groups in total. The van der Waals surface area contributed by atoms with Crippen molar-refractivity contribution >= 4 is 10.9 Å². The molecule has 1 saturated heterocycles. The van der Waals surface area contributed by atoms with Crippen molar-refractivity contribution in [3.8, 4) is 5.75 Å². The van der Waals surface area contributed by atoms with Gasteiger partial charge < -0.3 is 14.3 Å². The zero-order chi connectivity index (χ0) is 18.1. The molecule has 5 rings (SSSR count). The molecule has 2 aliphatic rings. The summed E-state index contributed by atoms with van der Waals surface area (Å²) >= 11 is 0. The third kappa shape index (κ3) is 3.46. The van der Waals surface area contributed by atoms with Crippen molar-refractivity contribution in [1.29, 1.82) is 0 Å². The molecular weight excluding hydrogens is 338 g/mol. The highest BCUT2D eigenvalue weighted by molar-refractivity contribution is 5.85. The molecule has 0 bridgehead atoms. The molecule has 1 aromatic carbocycles. The van der Waals surface area contributed by atoms with Crippen LogP contribution in [0.15, 0.2) is 30.5 Å². The molecule has 0 spiro atoms. The summed E-state index contributed by atoms with van der Waals surface area (Å²) in [7, 11) is 0. The predicted octanol–water partition coefficient (Wildman–Crippen LogP) is 3.53. The van der Waals surface area contributed by atoms with E-state index in [0.29, 0.717) is 0 Å². The van der Waals surface area contributed by atoms with Gasteiger partial charge in [0, 0.05) is 43.2 Å². The molecule has 142 valence electrons. The molecule has 2 aliphatic heterocycles. The van der Waals surface area contributed by atoms with Gasteiger partial charge >= 0.3 is 0 Å². The van der Waals surface area contributed by atoms with Crippen LogP contribution in [0.25, 0.3) is 10.9 Å². The molecule has 0 amide bonds. The fraction of sp³-hybridized carbons (Fsp3) is 0.524. The maximum absolute atomic E-state index is 6.34. The lowest BCUT2D eigenvalue weighted by Gasteiger charge is -2.32. The molecule has 4 heterocycles. The van der Waals surface area contributed by atoms with Gasteiger partial charge in [-0.1, -0.05) is 12.5 Å². The van der Waals surface area contributed by atoms with E-state index in [9.17, 15) is 0 Å². The van der Waals surface area contributed by atoms with Crippen molar-refractivity contribution in [2.75, 3.05) is 13.1 Å². The van der Waals surface area contributed by atoms with Crippen molar-refractivity contribution in [2.24, 2.45) is 0 Å². The number of likely N-dealkylation sites (tertiary alicyclic amines) is 1. The van der Waals surface area contributed by atoms with Gasteiger partial charge in [0.1, 0.15) is 23.5 Å². The first-order valence-corrected chi connectivity index (χ1v) is 10.2. The summed E-state index contributed by atoms with van der Waals surface area (Å²) in [6.07, 6.45) is 9.25. The van der Waals surface area contributed by atoms with Crippen LogP contribution in [-0.4, -0.2) is 43.8 Å². The predicted molar refractivity (Wildman–Crippen MR) is 105 cm³/mol. The number of hydrogen-bond donors (Lipinski definition) is 1. The molecule has 6 heteroatoms. The van der Waals surface area contributed by atoms with Gasteiger partial charge in [-0.15, -0.1) is 10.2 Å². The lowest BCUT2D eigenvalue weighted by molar-refractivity contribution is 0.0958. The lowest BCUT2D eigenvalue weighted by atomic mass is 10.1. The Morgan fingerprint density at radius 2 is 1.96 bits per heavy atom. The van der Waals surface area contributed by atoms with Gasteiger partial charge in [-0.2, -0.15) is 0 Å². The first-order chi connectivity index (χ1) is 13.4. The number of nitrogens with zero attached hydrogens (tertiary/aromatic N) is 4. The van der Waals surface area contributed by atoms with Crippen LogP contribution in [0.3, 0.4) is 0 Å². The summed E-state index contributed by atoms with van der Waals surface area (Å²) in [6, 6.07) is 8.32. The minimum atomic E-state index is 0.289. The Morgan fingerprint density at radius 3 is 2.89 bits per heavy atom. The number of rotatable bonds is 4. The second-order valence-electron chi connectivity index (χ2n) is 7.78. The van der Waals surface area contributed by atoms with E-state index in [1.807, 2.05) is 6.20 Å². The van der Waals surface area contributed by atoms with Gasteiger partial charge in [0.2, 0.25) is 0 Å². The number of ether oxygens (including phenoxy) is 1. The lowest BCUT2D eigenvalue weighted by Crippen LogP contribution is -2.38. The number of benzene rings is 1. The van der Waals surface area contributed by atoms with Gasteiger partial charge in [-0.3, -0.25) is 4.90 Å². The quantitative estimate of drug-likeness (QED) is 0.768. The van der Waals surface area contributed by atoms with Crippen LogP contribution in [0.5, 0.6) is 5.75 Å². The maximum atomic E-state index is 6.34. The number of piperidine rings is 1. The minimum Gasteiger partial charge on any atom is -0.490 e. The number of aromatic nitrogens is 4. The highest BCUT2D eigenvalue weighted by Gasteiger charge is 2.23. The van der Waals surface area contributed by atoms with Crippen molar-refractivity contribution in [1.82, 2.24) is 24.6 Å². The average Bonchev–Trinajstić information content (AvgIpc) is 3.25. The maximum Gasteiger partial charge on any atom is 0.147 e. The second kappa shape index (κ2) is 7.35. The van der Waals surface area contributed by atoms with Gasteiger partial charge in [-0.25, -0.2) is 0 Å². The smallest absolute Gasteiger partial charge is 0.147 e. The summed E-state index contributed by atoms with van der Waals surface area (Å²) in [5, 5.41) is 10.1. The normalized spacial score (nSPS) is 19.1. The Bertz CT molecular complexity index is 906. The summed E-state index contributed by atoms with van der Waals surface area (Å²) < 4.78 is 8.70. The molecular formula is C21H27N5O. The van der Waals surface area contributed by atoms with E-state index in [0.717, 1.165) is 62.5 Å². The van der Waals surface area contributed by atoms with Crippen molar-refractivity contribution < 1.29 is 4.74 Å². The topological polar surface area (TPSA) is 59.0 Å². The van der Waals surface area contributed by atoms with Crippen molar-refractivity contribution in [3.63, 3.8) is 0 Å². The van der Waals surface area contributed by atoms with Crippen molar-refractivity contribution in [3.05, 3.63) is 42.1 Å². The Balaban J connectivity index is 1.20. The third-order valence-electron chi connectivity index (χ3n) is 5.93. The SMILES string of the molecule is c1cc(OC2CCN(Cc3nnc4n3CCCCC4)CC2)c2cc[nH]c2c1. The largest absolute Gasteiger partial charge is 0.490 e. The summed E-state index contributed by atoms with van der Waals surface area (Å²) in [6.45, 7) is 4.09. The monoisotopic (exact) mass is 365 g/mol. The molecule has 0 radical (unpaired) electrons. The molecule has 0 aliphatic carbocycles. The number of aromatic amines is 1. The van der Waals surface area contributed by atoms with Crippen LogP contribution >= 0.6 is 0 Å². The van der Waals surface area contributed by atoms with Crippen LogP contribution < -0.4 is 4.74 Å². The molecule has 2 aromatic heterocycles. The van der Waals surface area contributed by atoms with Crippen LogP contribution in [-0.2, 0) is 19.5 Å². The average molecular weight is 365 g/mol. The fourth-order valence-electron chi connectivity index (χ4n) is 4.39. The first kappa shape index (κ1) is 16.8. The third-order valence-corrected chi connectivity index (χ3v) is 5.93. The molecule has 0 atom stereocenters. The van der Waals surface area contributed by atoms with Crippen LogP contribution in [0.4, 0.5) is 0 Å². The molecule has 6 nitrogen and oxygen atoms in total. The van der Waals surface area contributed by atoms with E-state index in [1.54, 1.807) is 0 Å². The number of fused-ring (bicyclic) bond motifs is 2. The summed E-state index contributed by atoms with van der Waals surface area (Å²) in [5.74, 6) is 3.32. The summed E-state index contributed by atoms with van der Waals surface area (Å²) in [4.78, 5) is 5.75. The molecule has 1 fully saturated rings. The Morgan fingerprint density at radius 1 is 1.04 bits per heavy atom. The number of aryl methyl sites for hydroxylation is 1. The van der Waals surface area contributed by atoms with Crippen LogP contribution in [0.1, 0.15) is 43.8 Å². The van der Waals surface area contributed by atoms with Gasteiger partial charge in [0.15, 0.2) is 0 Å². The van der Waals surface area contributed by atoms with Gasteiger partial charge in [-0.05, 0) is 43.9 Å². The zero-order valence-electron chi connectivity index (χ0n) is 15.7. The molecule has 3 aromatic rings. The number of hydrogen-bond acceptors (Lipinski definition) is 4. The van der Waals surface area contributed by atoms with Gasteiger partial charge in [0.25, 0.3) is 0 Å². The van der Waals surface area contributed by atoms with E-state index >= 15 is 0 Å².